The molecule has 0 aliphatic carbocycles. The molecule has 19 heavy (non-hydrogen) atoms. The summed E-state index contributed by atoms with van der Waals surface area (Å²) in [5.41, 5.74) is 6.96. The zero-order valence-corrected chi connectivity index (χ0v) is 11.4. The molecule has 0 aliphatic rings. The maximum Gasteiger partial charge on any atom is 0.252 e. The number of nitrogens with two attached hydrogens (primary N) is 1. The molecular formula is C13H15N3O2S. The molecule has 1 aromatic heterocycles. The van der Waals surface area contributed by atoms with Crippen LogP contribution in [-0.4, -0.2) is 23.2 Å². The summed E-state index contributed by atoms with van der Waals surface area (Å²) < 4.78 is 7.37. The minimum Gasteiger partial charge on any atom is -0.497 e. The van der Waals surface area contributed by atoms with Gasteiger partial charge in [-0.1, -0.05) is 12.1 Å². The van der Waals surface area contributed by atoms with Crippen LogP contribution in [0.2, 0.25) is 0 Å². The van der Waals surface area contributed by atoms with Gasteiger partial charge in [-0.05, 0) is 24.4 Å². The first kappa shape index (κ1) is 13.5. The van der Waals surface area contributed by atoms with Crippen LogP contribution >= 0.6 is 12.2 Å². The van der Waals surface area contributed by atoms with Crippen LogP contribution in [0, 0.1) is 4.77 Å². The fourth-order valence-electron chi connectivity index (χ4n) is 1.89. The van der Waals surface area contributed by atoms with Crippen LogP contribution in [0.25, 0.3) is 11.3 Å². The van der Waals surface area contributed by atoms with Gasteiger partial charge in [0.25, 0.3) is 5.56 Å². The SMILES string of the molecule is COc1cccc(-c2cc(=O)[nH]c(=S)n2CCN)c1. The Morgan fingerprint density at radius 3 is 2.89 bits per heavy atom. The highest BCUT2D eigenvalue weighted by molar-refractivity contribution is 7.71. The van der Waals surface area contributed by atoms with Crippen molar-refractivity contribution in [1.82, 2.24) is 9.55 Å². The zero-order valence-electron chi connectivity index (χ0n) is 10.6. The summed E-state index contributed by atoms with van der Waals surface area (Å²) in [7, 11) is 1.60. The van der Waals surface area contributed by atoms with Gasteiger partial charge in [-0.25, -0.2) is 0 Å². The van der Waals surface area contributed by atoms with Gasteiger partial charge in [-0.15, -0.1) is 0 Å². The molecule has 2 rings (SSSR count). The number of aromatic nitrogens is 2. The predicted octanol–water partition coefficient (Wildman–Crippen LogP) is 1.54. The van der Waals surface area contributed by atoms with E-state index in [-0.39, 0.29) is 5.56 Å². The number of nitrogens with one attached hydrogen (secondary N) is 1. The Labute approximate surface area is 115 Å². The van der Waals surface area contributed by atoms with E-state index in [1.54, 1.807) is 7.11 Å². The van der Waals surface area contributed by atoms with Gasteiger partial charge in [0.15, 0.2) is 4.77 Å². The first-order valence-electron chi connectivity index (χ1n) is 5.84. The average Bonchev–Trinajstić information content (AvgIpc) is 2.41. The number of rotatable bonds is 4. The van der Waals surface area contributed by atoms with Crippen molar-refractivity contribution in [2.75, 3.05) is 13.7 Å². The second-order valence-corrected chi connectivity index (χ2v) is 4.38. The van der Waals surface area contributed by atoms with Gasteiger partial charge in [-0.3, -0.25) is 9.78 Å². The van der Waals surface area contributed by atoms with E-state index < -0.39 is 0 Å². The second kappa shape index (κ2) is 5.81. The Morgan fingerprint density at radius 1 is 1.42 bits per heavy atom. The fourth-order valence-corrected chi connectivity index (χ4v) is 2.18. The molecule has 0 fully saturated rings. The maximum atomic E-state index is 11.6. The lowest BCUT2D eigenvalue weighted by Gasteiger charge is -2.13. The highest BCUT2D eigenvalue weighted by Crippen LogP contribution is 2.22. The van der Waals surface area contributed by atoms with E-state index in [0.29, 0.717) is 17.9 Å². The van der Waals surface area contributed by atoms with Gasteiger partial charge < -0.3 is 15.0 Å². The molecule has 0 amide bonds. The Hall–Kier alpha value is -1.92. The van der Waals surface area contributed by atoms with Crippen molar-refractivity contribution in [3.05, 3.63) is 45.5 Å². The Morgan fingerprint density at radius 2 is 2.21 bits per heavy atom. The predicted molar refractivity (Wildman–Crippen MR) is 76.9 cm³/mol. The highest BCUT2D eigenvalue weighted by atomic mass is 32.1. The molecule has 0 unspecified atom stereocenters. The van der Waals surface area contributed by atoms with Gasteiger partial charge >= 0.3 is 0 Å². The number of aromatic amines is 1. The van der Waals surface area contributed by atoms with Gasteiger partial charge in [0.1, 0.15) is 5.75 Å². The molecule has 100 valence electrons. The third-order valence-corrected chi connectivity index (χ3v) is 3.07. The molecule has 5 nitrogen and oxygen atoms in total. The van der Waals surface area contributed by atoms with Gasteiger partial charge in [0.05, 0.1) is 12.8 Å². The van der Waals surface area contributed by atoms with E-state index in [1.165, 1.54) is 6.07 Å². The number of hydrogen-bond donors (Lipinski definition) is 2. The molecule has 0 radical (unpaired) electrons. The highest BCUT2D eigenvalue weighted by Gasteiger charge is 2.07. The van der Waals surface area contributed by atoms with Gasteiger partial charge in [-0.2, -0.15) is 0 Å². The van der Waals surface area contributed by atoms with E-state index in [0.717, 1.165) is 17.0 Å². The Balaban J connectivity index is 2.65. The molecule has 0 atom stereocenters. The van der Waals surface area contributed by atoms with E-state index in [2.05, 4.69) is 4.98 Å². The summed E-state index contributed by atoms with van der Waals surface area (Å²) in [5.74, 6) is 0.725. The van der Waals surface area contributed by atoms with E-state index in [1.807, 2.05) is 28.8 Å². The third kappa shape index (κ3) is 2.91. The third-order valence-electron chi connectivity index (χ3n) is 2.75. The minimum absolute atomic E-state index is 0.226. The lowest BCUT2D eigenvalue weighted by Crippen LogP contribution is -2.18. The van der Waals surface area contributed by atoms with Crippen LogP contribution in [0.15, 0.2) is 35.1 Å². The molecule has 1 heterocycles. The second-order valence-electron chi connectivity index (χ2n) is 4.00. The molecule has 0 saturated carbocycles. The molecule has 2 aromatic rings. The molecule has 3 N–H and O–H groups in total. The normalized spacial score (nSPS) is 10.4. The number of nitrogens with zero attached hydrogens (tertiary/aromatic N) is 1. The van der Waals surface area contributed by atoms with Crippen molar-refractivity contribution in [3.63, 3.8) is 0 Å². The summed E-state index contributed by atoms with van der Waals surface area (Å²) in [5, 5.41) is 0. The van der Waals surface area contributed by atoms with E-state index in [4.69, 9.17) is 22.7 Å². The summed E-state index contributed by atoms with van der Waals surface area (Å²) in [6, 6.07) is 8.99. The molecule has 0 aliphatic heterocycles. The summed E-state index contributed by atoms with van der Waals surface area (Å²) in [6.07, 6.45) is 0. The topological polar surface area (TPSA) is 73.0 Å². The number of ether oxygens (including phenoxy) is 1. The molecule has 0 bridgehead atoms. The quantitative estimate of drug-likeness (QED) is 0.831. The monoisotopic (exact) mass is 277 g/mol. The van der Waals surface area contributed by atoms with Crippen molar-refractivity contribution in [2.24, 2.45) is 5.73 Å². The van der Waals surface area contributed by atoms with Crippen LogP contribution in [-0.2, 0) is 6.54 Å². The van der Waals surface area contributed by atoms with Crippen molar-refractivity contribution in [2.45, 2.75) is 6.54 Å². The molecule has 0 spiro atoms. The minimum atomic E-state index is -0.226. The summed E-state index contributed by atoms with van der Waals surface area (Å²) in [4.78, 5) is 14.2. The average molecular weight is 277 g/mol. The molecule has 1 aromatic carbocycles. The zero-order chi connectivity index (χ0) is 13.8. The van der Waals surface area contributed by atoms with Crippen LogP contribution in [0.4, 0.5) is 0 Å². The largest absolute Gasteiger partial charge is 0.497 e. The van der Waals surface area contributed by atoms with E-state index >= 15 is 0 Å². The van der Waals surface area contributed by atoms with Crippen molar-refractivity contribution < 1.29 is 4.74 Å². The van der Waals surface area contributed by atoms with Crippen LogP contribution in [0.1, 0.15) is 0 Å². The molecule has 0 saturated heterocycles. The smallest absolute Gasteiger partial charge is 0.252 e. The number of methoxy groups -OCH3 is 1. The van der Waals surface area contributed by atoms with Crippen molar-refractivity contribution in [3.8, 4) is 17.0 Å². The molecule has 6 heteroatoms. The maximum absolute atomic E-state index is 11.6. The first-order chi connectivity index (χ1) is 9.15. The van der Waals surface area contributed by atoms with Gasteiger partial charge in [0, 0.05) is 24.7 Å². The fraction of sp³-hybridized carbons (Fsp3) is 0.231. The van der Waals surface area contributed by atoms with E-state index in [9.17, 15) is 4.79 Å². The first-order valence-corrected chi connectivity index (χ1v) is 6.25. The van der Waals surface area contributed by atoms with Crippen LogP contribution in [0.5, 0.6) is 5.75 Å². The Bertz CT molecular complexity index is 691. The number of hydrogen-bond acceptors (Lipinski definition) is 4. The lowest BCUT2D eigenvalue weighted by atomic mass is 10.1. The van der Waals surface area contributed by atoms with Crippen molar-refractivity contribution >= 4 is 12.2 Å². The number of H-pyrrole nitrogens is 1. The van der Waals surface area contributed by atoms with Crippen LogP contribution < -0.4 is 16.0 Å². The van der Waals surface area contributed by atoms with Crippen molar-refractivity contribution in [1.29, 1.82) is 0 Å². The summed E-state index contributed by atoms with van der Waals surface area (Å²) >= 11 is 5.17. The van der Waals surface area contributed by atoms with Crippen LogP contribution in [0.3, 0.4) is 0 Å². The standard InChI is InChI=1S/C13H15N3O2S/c1-18-10-4-2-3-9(7-10)11-8-12(17)15-13(19)16(11)6-5-14/h2-4,7-8H,5-6,14H2,1H3,(H,15,17,19). The number of benzene rings is 1. The van der Waals surface area contributed by atoms with Gasteiger partial charge in [0.2, 0.25) is 0 Å². The lowest BCUT2D eigenvalue weighted by molar-refractivity contribution is 0.415. The summed E-state index contributed by atoms with van der Waals surface area (Å²) in [6.45, 7) is 0.986. The molecular weight excluding hydrogens is 262 g/mol. The Kier molecular flexibility index (Phi) is 4.13.